The van der Waals surface area contributed by atoms with Crippen LogP contribution in [0.1, 0.15) is 13.3 Å². The summed E-state index contributed by atoms with van der Waals surface area (Å²) >= 11 is 0. The zero-order valence-electron chi connectivity index (χ0n) is 11.9. The Kier molecular flexibility index (Phi) is 7.04. The molecule has 2 aromatic rings. The van der Waals surface area contributed by atoms with Crippen molar-refractivity contribution in [1.82, 2.24) is 15.0 Å². The number of fused-ring (bicyclic) bond motifs is 1. The van der Waals surface area contributed by atoms with Gasteiger partial charge in [-0.15, -0.1) is 12.4 Å². The van der Waals surface area contributed by atoms with Gasteiger partial charge in [-0.1, -0.05) is 25.1 Å². The number of aromatic nitrogens is 1. The highest BCUT2D eigenvalue weighted by atomic mass is 35.5. The first-order chi connectivity index (χ1) is 9.65. The van der Waals surface area contributed by atoms with E-state index >= 15 is 0 Å². The predicted molar refractivity (Wildman–Crippen MR) is 87.3 cm³/mol. The summed E-state index contributed by atoms with van der Waals surface area (Å²) in [7, 11) is -3.53. The molecule has 0 saturated carbocycles. The van der Waals surface area contributed by atoms with Gasteiger partial charge in [0.25, 0.3) is 0 Å². The van der Waals surface area contributed by atoms with Crippen molar-refractivity contribution in [3.63, 3.8) is 0 Å². The number of hydrogen-bond donors (Lipinski definition) is 2. The van der Waals surface area contributed by atoms with Gasteiger partial charge in [0.2, 0.25) is 10.0 Å². The van der Waals surface area contributed by atoms with Gasteiger partial charge in [-0.25, -0.2) is 13.1 Å². The molecule has 21 heavy (non-hydrogen) atoms. The summed E-state index contributed by atoms with van der Waals surface area (Å²) in [5.41, 5.74) is 0.504. The van der Waals surface area contributed by atoms with Crippen molar-refractivity contribution in [2.75, 3.05) is 19.6 Å². The molecule has 5 nitrogen and oxygen atoms in total. The SMILES string of the molecule is CCCNCCNS(=O)(=O)c1cccc2cccnc12.Cl. The molecule has 2 rings (SSSR count). The van der Waals surface area contributed by atoms with Crippen LogP contribution in [0.4, 0.5) is 0 Å². The molecular formula is C14H20ClN3O2S. The fraction of sp³-hybridized carbons (Fsp3) is 0.357. The second-order valence-electron chi connectivity index (χ2n) is 4.48. The molecule has 0 spiro atoms. The summed E-state index contributed by atoms with van der Waals surface area (Å²) < 4.78 is 27.2. The molecular weight excluding hydrogens is 310 g/mol. The van der Waals surface area contributed by atoms with Crippen LogP contribution in [-0.2, 0) is 10.0 Å². The van der Waals surface area contributed by atoms with Gasteiger partial charge in [0, 0.05) is 24.7 Å². The maximum absolute atomic E-state index is 12.3. The quantitative estimate of drug-likeness (QED) is 0.761. The Labute approximate surface area is 131 Å². The van der Waals surface area contributed by atoms with E-state index in [9.17, 15) is 8.42 Å². The molecule has 0 unspecified atom stereocenters. The molecule has 2 N–H and O–H groups in total. The van der Waals surface area contributed by atoms with E-state index < -0.39 is 10.0 Å². The first kappa shape index (κ1) is 17.8. The average molecular weight is 330 g/mol. The summed E-state index contributed by atoms with van der Waals surface area (Å²) in [5.74, 6) is 0. The molecule has 1 aromatic heterocycles. The summed E-state index contributed by atoms with van der Waals surface area (Å²) in [6, 6.07) is 8.81. The Bertz CT molecular complexity index is 671. The van der Waals surface area contributed by atoms with Crippen molar-refractivity contribution >= 4 is 33.3 Å². The van der Waals surface area contributed by atoms with Gasteiger partial charge in [-0.05, 0) is 25.1 Å². The van der Waals surface area contributed by atoms with E-state index in [0.29, 0.717) is 18.6 Å². The Hall–Kier alpha value is -1.21. The number of halogens is 1. The number of nitrogens with one attached hydrogen (secondary N) is 2. The van der Waals surface area contributed by atoms with Crippen LogP contribution >= 0.6 is 12.4 Å². The normalized spacial score (nSPS) is 11.3. The smallest absolute Gasteiger partial charge is 0.242 e. The third kappa shape index (κ3) is 4.64. The molecule has 0 saturated heterocycles. The van der Waals surface area contributed by atoms with Crippen LogP contribution in [0, 0.1) is 0 Å². The van der Waals surface area contributed by atoms with E-state index in [2.05, 4.69) is 21.9 Å². The van der Waals surface area contributed by atoms with Crippen LogP contribution < -0.4 is 10.0 Å². The molecule has 0 aliphatic carbocycles. The zero-order chi connectivity index (χ0) is 14.4. The fourth-order valence-corrected chi connectivity index (χ4v) is 3.16. The first-order valence-electron chi connectivity index (χ1n) is 6.69. The molecule has 0 atom stereocenters. The highest BCUT2D eigenvalue weighted by Gasteiger charge is 2.17. The van der Waals surface area contributed by atoms with Crippen molar-refractivity contribution < 1.29 is 8.42 Å². The lowest BCUT2D eigenvalue weighted by Crippen LogP contribution is -2.32. The molecule has 0 bridgehead atoms. The van der Waals surface area contributed by atoms with Crippen molar-refractivity contribution in [3.05, 3.63) is 36.5 Å². The molecule has 1 heterocycles. The predicted octanol–water partition coefficient (Wildman–Crippen LogP) is 1.93. The Morgan fingerprint density at radius 3 is 2.62 bits per heavy atom. The second kappa shape index (κ2) is 8.29. The Morgan fingerprint density at radius 1 is 1.10 bits per heavy atom. The van der Waals surface area contributed by atoms with Gasteiger partial charge in [-0.2, -0.15) is 0 Å². The highest BCUT2D eigenvalue weighted by molar-refractivity contribution is 7.89. The standard InChI is InChI=1S/C14H19N3O2S.ClH/c1-2-8-15-10-11-17-20(18,19)13-7-3-5-12-6-4-9-16-14(12)13;/h3-7,9,15,17H,2,8,10-11H2,1H3;1H. The number of benzene rings is 1. The van der Waals surface area contributed by atoms with Crippen LogP contribution in [0.2, 0.25) is 0 Å². The van der Waals surface area contributed by atoms with Crippen LogP contribution in [0.15, 0.2) is 41.4 Å². The summed E-state index contributed by atoms with van der Waals surface area (Å²) in [4.78, 5) is 4.40. The minimum atomic E-state index is -3.53. The van der Waals surface area contributed by atoms with Crippen LogP contribution in [0.5, 0.6) is 0 Å². The largest absolute Gasteiger partial charge is 0.315 e. The molecule has 0 aliphatic rings. The van der Waals surface area contributed by atoms with Crippen molar-refractivity contribution in [1.29, 1.82) is 0 Å². The second-order valence-corrected chi connectivity index (χ2v) is 6.21. The third-order valence-corrected chi connectivity index (χ3v) is 4.40. The van der Waals surface area contributed by atoms with E-state index in [0.717, 1.165) is 18.4 Å². The van der Waals surface area contributed by atoms with Crippen LogP contribution in [0.25, 0.3) is 10.9 Å². The van der Waals surface area contributed by atoms with Gasteiger partial charge in [0.1, 0.15) is 4.90 Å². The van der Waals surface area contributed by atoms with E-state index in [4.69, 9.17) is 0 Å². The van der Waals surface area contributed by atoms with E-state index in [1.165, 1.54) is 0 Å². The lowest BCUT2D eigenvalue weighted by atomic mass is 10.2. The minimum Gasteiger partial charge on any atom is -0.315 e. The molecule has 0 aliphatic heterocycles. The number of hydrogen-bond acceptors (Lipinski definition) is 4. The number of pyridine rings is 1. The molecule has 0 radical (unpaired) electrons. The van der Waals surface area contributed by atoms with E-state index in [1.54, 1.807) is 24.4 Å². The van der Waals surface area contributed by atoms with Crippen molar-refractivity contribution in [3.8, 4) is 0 Å². The number of nitrogens with zero attached hydrogens (tertiary/aromatic N) is 1. The van der Waals surface area contributed by atoms with Crippen molar-refractivity contribution in [2.24, 2.45) is 0 Å². The van der Waals surface area contributed by atoms with Gasteiger partial charge in [-0.3, -0.25) is 4.98 Å². The van der Waals surface area contributed by atoms with E-state index in [1.807, 2.05) is 12.1 Å². The van der Waals surface area contributed by atoms with Gasteiger partial charge in [0.05, 0.1) is 5.52 Å². The molecule has 0 amide bonds. The van der Waals surface area contributed by atoms with Crippen molar-refractivity contribution in [2.45, 2.75) is 18.2 Å². The Morgan fingerprint density at radius 2 is 1.86 bits per heavy atom. The van der Waals surface area contributed by atoms with Crippen LogP contribution in [-0.4, -0.2) is 33.0 Å². The lowest BCUT2D eigenvalue weighted by Gasteiger charge is -2.09. The van der Waals surface area contributed by atoms with Gasteiger partial charge >= 0.3 is 0 Å². The number of rotatable bonds is 7. The van der Waals surface area contributed by atoms with E-state index in [-0.39, 0.29) is 17.3 Å². The maximum atomic E-state index is 12.3. The average Bonchev–Trinajstić information content (AvgIpc) is 2.46. The zero-order valence-corrected chi connectivity index (χ0v) is 13.5. The monoisotopic (exact) mass is 329 g/mol. The maximum Gasteiger partial charge on any atom is 0.242 e. The molecule has 0 fully saturated rings. The number of para-hydroxylation sites is 1. The highest BCUT2D eigenvalue weighted by Crippen LogP contribution is 2.20. The Balaban J connectivity index is 0.00000220. The molecule has 1 aromatic carbocycles. The first-order valence-corrected chi connectivity index (χ1v) is 8.17. The fourth-order valence-electron chi connectivity index (χ4n) is 1.95. The van der Waals surface area contributed by atoms with Gasteiger partial charge in [0.15, 0.2) is 0 Å². The topological polar surface area (TPSA) is 71.1 Å². The summed E-state index contributed by atoms with van der Waals surface area (Å²) in [6.07, 6.45) is 2.63. The third-order valence-electron chi connectivity index (χ3n) is 2.91. The number of sulfonamides is 1. The van der Waals surface area contributed by atoms with Crippen LogP contribution in [0.3, 0.4) is 0 Å². The molecule has 7 heteroatoms. The van der Waals surface area contributed by atoms with Gasteiger partial charge < -0.3 is 5.32 Å². The molecule has 116 valence electrons. The lowest BCUT2D eigenvalue weighted by molar-refractivity contribution is 0.576. The summed E-state index contributed by atoms with van der Waals surface area (Å²) in [5, 5.41) is 3.97. The summed E-state index contributed by atoms with van der Waals surface area (Å²) in [6.45, 7) is 3.94. The minimum absolute atomic E-state index is 0.